The fourth-order valence-electron chi connectivity index (χ4n) is 2.99. The zero-order chi connectivity index (χ0) is 16.2. The zero-order valence-electron chi connectivity index (χ0n) is 12.9. The highest BCUT2D eigenvalue weighted by atomic mass is 32.2. The van der Waals surface area contributed by atoms with E-state index < -0.39 is 10.0 Å². The van der Waals surface area contributed by atoms with Crippen LogP contribution in [-0.4, -0.2) is 14.3 Å². The molecule has 0 heterocycles. The Morgan fingerprint density at radius 1 is 1.36 bits per heavy atom. The van der Waals surface area contributed by atoms with Crippen LogP contribution in [0.4, 0.5) is 0 Å². The van der Waals surface area contributed by atoms with Crippen molar-refractivity contribution in [1.29, 1.82) is 0 Å². The molecule has 0 aliphatic heterocycles. The molecular formula is C16H24N2O3S. The number of carbonyl (C=O) groups excluding carboxylic acids is 1. The third-order valence-electron chi connectivity index (χ3n) is 4.32. The number of nitrogens with two attached hydrogens (primary N) is 1. The standard InChI is InChI=1S/C16H24N2O3S/c1-12(14-7-4-8-15(11-14)22(17,20)21)18-16(19)10-9-13-5-2-3-6-13/h4,7-8,11-13H,2-3,5-6,9-10H2,1H3,(H,18,19)(H2,17,20,21)/t12-/m1/s1. The van der Waals surface area contributed by atoms with Crippen molar-refractivity contribution in [2.75, 3.05) is 0 Å². The Morgan fingerprint density at radius 2 is 2.05 bits per heavy atom. The predicted molar refractivity (Wildman–Crippen MR) is 85.6 cm³/mol. The Kier molecular flexibility index (Phi) is 5.58. The number of amides is 1. The summed E-state index contributed by atoms with van der Waals surface area (Å²) >= 11 is 0. The largest absolute Gasteiger partial charge is 0.350 e. The summed E-state index contributed by atoms with van der Waals surface area (Å²) < 4.78 is 22.7. The molecule has 122 valence electrons. The average molecular weight is 324 g/mol. The number of primary sulfonamides is 1. The molecule has 1 fully saturated rings. The van der Waals surface area contributed by atoms with Gasteiger partial charge in [0.1, 0.15) is 0 Å². The highest BCUT2D eigenvalue weighted by Crippen LogP contribution is 2.28. The minimum atomic E-state index is -3.72. The molecule has 3 N–H and O–H groups in total. The summed E-state index contributed by atoms with van der Waals surface area (Å²) in [5, 5.41) is 8.05. The number of sulfonamides is 1. The fraction of sp³-hybridized carbons (Fsp3) is 0.562. The molecule has 0 unspecified atom stereocenters. The van der Waals surface area contributed by atoms with E-state index in [0.29, 0.717) is 12.3 Å². The molecule has 22 heavy (non-hydrogen) atoms. The average Bonchev–Trinajstić information content (AvgIpc) is 2.97. The van der Waals surface area contributed by atoms with E-state index in [1.807, 2.05) is 6.92 Å². The molecule has 1 atom stereocenters. The van der Waals surface area contributed by atoms with Gasteiger partial charge in [-0.3, -0.25) is 4.79 Å². The molecule has 0 aromatic heterocycles. The summed E-state index contributed by atoms with van der Waals surface area (Å²) in [7, 11) is -3.72. The Bertz CT molecular complexity index is 622. The van der Waals surface area contributed by atoms with Gasteiger partial charge in [-0.2, -0.15) is 0 Å². The summed E-state index contributed by atoms with van der Waals surface area (Å²) in [5.41, 5.74) is 0.737. The first-order valence-electron chi connectivity index (χ1n) is 7.78. The Balaban J connectivity index is 1.90. The molecule has 0 radical (unpaired) electrons. The van der Waals surface area contributed by atoms with Gasteiger partial charge in [-0.15, -0.1) is 0 Å². The molecule has 1 saturated carbocycles. The topological polar surface area (TPSA) is 89.3 Å². The van der Waals surface area contributed by atoms with E-state index in [-0.39, 0.29) is 16.8 Å². The van der Waals surface area contributed by atoms with Gasteiger partial charge in [-0.1, -0.05) is 37.8 Å². The van der Waals surface area contributed by atoms with Crippen LogP contribution in [0.15, 0.2) is 29.2 Å². The number of hydrogen-bond acceptors (Lipinski definition) is 3. The van der Waals surface area contributed by atoms with Crippen molar-refractivity contribution in [3.05, 3.63) is 29.8 Å². The number of benzene rings is 1. The first-order valence-corrected chi connectivity index (χ1v) is 9.33. The van der Waals surface area contributed by atoms with E-state index in [1.54, 1.807) is 12.1 Å². The molecule has 2 rings (SSSR count). The van der Waals surface area contributed by atoms with Gasteiger partial charge in [-0.05, 0) is 37.0 Å². The quantitative estimate of drug-likeness (QED) is 0.842. The monoisotopic (exact) mass is 324 g/mol. The van der Waals surface area contributed by atoms with Crippen LogP contribution in [0.25, 0.3) is 0 Å². The zero-order valence-corrected chi connectivity index (χ0v) is 13.7. The lowest BCUT2D eigenvalue weighted by Crippen LogP contribution is -2.27. The van der Waals surface area contributed by atoms with Gasteiger partial charge >= 0.3 is 0 Å². The first kappa shape index (κ1) is 17.0. The second-order valence-corrected chi connectivity index (χ2v) is 7.66. The summed E-state index contributed by atoms with van der Waals surface area (Å²) in [6, 6.07) is 6.15. The third kappa shape index (κ3) is 4.81. The Morgan fingerprint density at radius 3 is 2.68 bits per heavy atom. The maximum absolute atomic E-state index is 12.0. The highest BCUT2D eigenvalue weighted by molar-refractivity contribution is 7.89. The first-order chi connectivity index (χ1) is 10.4. The van der Waals surface area contributed by atoms with E-state index in [2.05, 4.69) is 5.32 Å². The summed E-state index contributed by atoms with van der Waals surface area (Å²) in [4.78, 5) is 12.1. The Hall–Kier alpha value is -1.40. The van der Waals surface area contributed by atoms with Gasteiger partial charge < -0.3 is 5.32 Å². The summed E-state index contributed by atoms with van der Waals surface area (Å²) in [6.45, 7) is 1.84. The van der Waals surface area contributed by atoms with E-state index in [4.69, 9.17) is 5.14 Å². The second kappa shape index (κ2) is 7.24. The Labute approximate surface area is 132 Å². The molecule has 0 spiro atoms. The van der Waals surface area contributed by atoms with E-state index in [0.717, 1.165) is 12.0 Å². The number of rotatable bonds is 6. The minimum Gasteiger partial charge on any atom is -0.350 e. The molecule has 6 heteroatoms. The molecule has 5 nitrogen and oxygen atoms in total. The van der Waals surface area contributed by atoms with Crippen LogP contribution in [0.3, 0.4) is 0 Å². The molecule has 1 amide bonds. The van der Waals surface area contributed by atoms with Gasteiger partial charge in [0, 0.05) is 6.42 Å². The molecular weight excluding hydrogens is 300 g/mol. The van der Waals surface area contributed by atoms with E-state index in [1.165, 1.54) is 37.8 Å². The highest BCUT2D eigenvalue weighted by Gasteiger charge is 2.17. The maximum atomic E-state index is 12.0. The van der Waals surface area contributed by atoms with Gasteiger partial charge in [0.25, 0.3) is 0 Å². The van der Waals surface area contributed by atoms with Crippen LogP contribution in [-0.2, 0) is 14.8 Å². The van der Waals surface area contributed by atoms with Crippen molar-refractivity contribution in [2.45, 2.75) is 56.4 Å². The van der Waals surface area contributed by atoms with Crippen molar-refractivity contribution >= 4 is 15.9 Å². The SMILES string of the molecule is C[C@@H](NC(=O)CCC1CCCC1)c1cccc(S(N)(=O)=O)c1. The van der Waals surface area contributed by atoms with Crippen LogP contribution in [0.2, 0.25) is 0 Å². The van der Waals surface area contributed by atoms with Crippen molar-refractivity contribution in [2.24, 2.45) is 11.1 Å². The summed E-state index contributed by atoms with van der Waals surface area (Å²) in [5.74, 6) is 0.701. The molecule has 1 aromatic carbocycles. The molecule has 1 aliphatic carbocycles. The molecule has 0 saturated heterocycles. The molecule has 1 aromatic rings. The smallest absolute Gasteiger partial charge is 0.238 e. The molecule has 1 aliphatic rings. The van der Waals surface area contributed by atoms with Crippen LogP contribution < -0.4 is 10.5 Å². The van der Waals surface area contributed by atoms with Crippen LogP contribution in [0, 0.1) is 5.92 Å². The van der Waals surface area contributed by atoms with E-state index in [9.17, 15) is 13.2 Å². The molecule has 0 bridgehead atoms. The lowest BCUT2D eigenvalue weighted by molar-refractivity contribution is -0.122. The van der Waals surface area contributed by atoms with Crippen LogP contribution in [0.1, 0.15) is 57.1 Å². The van der Waals surface area contributed by atoms with E-state index >= 15 is 0 Å². The van der Waals surface area contributed by atoms with Crippen LogP contribution in [0.5, 0.6) is 0 Å². The normalized spacial score (nSPS) is 17.4. The van der Waals surface area contributed by atoms with Crippen LogP contribution >= 0.6 is 0 Å². The minimum absolute atomic E-state index is 0.0143. The lowest BCUT2D eigenvalue weighted by Gasteiger charge is -2.16. The number of hydrogen-bond donors (Lipinski definition) is 2. The second-order valence-electron chi connectivity index (χ2n) is 6.10. The fourth-order valence-corrected chi connectivity index (χ4v) is 3.56. The third-order valence-corrected chi connectivity index (χ3v) is 5.23. The van der Waals surface area contributed by atoms with Gasteiger partial charge in [0.05, 0.1) is 10.9 Å². The van der Waals surface area contributed by atoms with Crippen molar-refractivity contribution in [3.63, 3.8) is 0 Å². The number of nitrogens with one attached hydrogen (secondary N) is 1. The maximum Gasteiger partial charge on any atom is 0.238 e. The number of carbonyl (C=O) groups is 1. The van der Waals surface area contributed by atoms with Crippen molar-refractivity contribution in [3.8, 4) is 0 Å². The van der Waals surface area contributed by atoms with Gasteiger partial charge in [0.2, 0.25) is 15.9 Å². The van der Waals surface area contributed by atoms with Crippen molar-refractivity contribution in [1.82, 2.24) is 5.32 Å². The van der Waals surface area contributed by atoms with Gasteiger partial charge in [0.15, 0.2) is 0 Å². The summed E-state index contributed by atoms with van der Waals surface area (Å²) in [6.07, 6.45) is 6.50. The van der Waals surface area contributed by atoms with Crippen molar-refractivity contribution < 1.29 is 13.2 Å². The predicted octanol–water partition coefficient (Wildman–Crippen LogP) is 2.48. The lowest BCUT2D eigenvalue weighted by atomic mass is 10.0. The van der Waals surface area contributed by atoms with Gasteiger partial charge in [-0.25, -0.2) is 13.6 Å².